The highest BCUT2D eigenvalue weighted by molar-refractivity contribution is 7.12. The van der Waals surface area contributed by atoms with E-state index in [1.807, 2.05) is 23.4 Å². The van der Waals surface area contributed by atoms with Gasteiger partial charge in [0.05, 0.1) is 29.6 Å². The Morgan fingerprint density at radius 3 is 2.71 bits per heavy atom. The van der Waals surface area contributed by atoms with Crippen LogP contribution < -0.4 is 10.2 Å². The van der Waals surface area contributed by atoms with Gasteiger partial charge in [0.25, 0.3) is 5.91 Å². The molecule has 0 bridgehead atoms. The molecule has 0 fully saturated rings. The molecule has 0 atom stereocenters. The standard InChI is InChI=1S/C13H16N4O2S.ClH/c1-17(5-6-19-2)13-14-8-10(9-15-13)16-12(18)11-4-3-7-20-11;/h3-4,7-9H,5-6H2,1-2H3,(H,16,18);1H. The number of likely N-dealkylation sites (N-methyl/N-ethyl adjacent to an activating group) is 1. The van der Waals surface area contributed by atoms with Crippen LogP contribution in [0.4, 0.5) is 11.6 Å². The third-order valence-corrected chi connectivity index (χ3v) is 3.48. The number of hydrogen-bond acceptors (Lipinski definition) is 6. The van der Waals surface area contributed by atoms with Crippen LogP contribution in [0.1, 0.15) is 9.67 Å². The zero-order valence-electron chi connectivity index (χ0n) is 11.8. The molecule has 6 nitrogen and oxygen atoms in total. The fourth-order valence-electron chi connectivity index (χ4n) is 1.51. The Morgan fingerprint density at radius 2 is 2.14 bits per heavy atom. The zero-order chi connectivity index (χ0) is 14.4. The minimum Gasteiger partial charge on any atom is -0.383 e. The van der Waals surface area contributed by atoms with Gasteiger partial charge in [-0.2, -0.15) is 0 Å². The lowest BCUT2D eigenvalue weighted by atomic mass is 10.4. The van der Waals surface area contributed by atoms with Crippen LogP contribution in [-0.2, 0) is 4.74 Å². The zero-order valence-corrected chi connectivity index (χ0v) is 13.4. The number of amides is 1. The molecule has 2 aromatic heterocycles. The molecule has 114 valence electrons. The van der Waals surface area contributed by atoms with Gasteiger partial charge in [-0.3, -0.25) is 4.79 Å². The average molecular weight is 329 g/mol. The fourth-order valence-corrected chi connectivity index (χ4v) is 2.13. The second-order valence-electron chi connectivity index (χ2n) is 4.12. The highest BCUT2D eigenvalue weighted by Gasteiger charge is 2.08. The third kappa shape index (κ3) is 4.96. The Morgan fingerprint density at radius 1 is 1.43 bits per heavy atom. The molecular formula is C13H17ClN4O2S. The van der Waals surface area contributed by atoms with Crippen LogP contribution in [-0.4, -0.2) is 43.2 Å². The van der Waals surface area contributed by atoms with E-state index in [1.54, 1.807) is 25.6 Å². The van der Waals surface area contributed by atoms with Gasteiger partial charge in [0.15, 0.2) is 0 Å². The van der Waals surface area contributed by atoms with Gasteiger partial charge in [0.1, 0.15) is 0 Å². The summed E-state index contributed by atoms with van der Waals surface area (Å²) < 4.78 is 5.00. The number of halogens is 1. The Labute approximate surface area is 133 Å². The first-order chi connectivity index (χ1) is 9.70. The van der Waals surface area contributed by atoms with Crippen molar-refractivity contribution in [2.75, 3.05) is 37.5 Å². The Bertz CT molecular complexity index is 548. The molecular weight excluding hydrogens is 312 g/mol. The normalized spacial score (nSPS) is 9.81. The van der Waals surface area contributed by atoms with Gasteiger partial charge in [-0.05, 0) is 11.4 Å². The summed E-state index contributed by atoms with van der Waals surface area (Å²) >= 11 is 1.39. The maximum atomic E-state index is 11.9. The second kappa shape index (κ2) is 8.56. The van der Waals surface area contributed by atoms with Crippen LogP contribution >= 0.6 is 23.7 Å². The smallest absolute Gasteiger partial charge is 0.265 e. The molecule has 0 aliphatic heterocycles. The van der Waals surface area contributed by atoms with Crippen molar-refractivity contribution < 1.29 is 9.53 Å². The molecule has 0 radical (unpaired) electrons. The summed E-state index contributed by atoms with van der Waals surface area (Å²) in [4.78, 5) is 22.8. The Kier molecular flexibility index (Phi) is 7.07. The van der Waals surface area contributed by atoms with Crippen LogP contribution in [0.2, 0.25) is 0 Å². The topological polar surface area (TPSA) is 67.3 Å². The van der Waals surface area contributed by atoms with Gasteiger partial charge in [0.2, 0.25) is 5.95 Å². The number of aromatic nitrogens is 2. The van der Waals surface area contributed by atoms with Crippen molar-refractivity contribution in [2.24, 2.45) is 0 Å². The number of nitrogens with one attached hydrogen (secondary N) is 1. The number of ether oxygens (including phenoxy) is 1. The Balaban J connectivity index is 0.00000220. The highest BCUT2D eigenvalue weighted by atomic mass is 35.5. The second-order valence-corrected chi connectivity index (χ2v) is 5.07. The molecule has 8 heteroatoms. The first-order valence-corrected chi connectivity index (χ1v) is 6.95. The summed E-state index contributed by atoms with van der Waals surface area (Å²) in [6.45, 7) is 1.31. The lowest BCUT2D eigenvalue weighted by Crippen LogP contribution is -2.24. The minimum atomic E-state index is -0.149. The molecule has 0 saturated heterocycles. The van der Waals surface area contributed by atoms with Crippen LogP contribution in [0, 0.1) is 0 Å². The number of thiophene rings is 1. The van der Waals surface area contributed by atoms with Crippen molar-refractivity contribution in [1.82, 2.24) is 9.97 Å². The lowest BCUT2D eigenvalue weighted by molar-refractivity contribution is 0.103. The predicted octanol–water partition coefficient (Wildman–Crippen LogP) is 2.29. The fraction of sp³-hybridized carbons (Fsp3) is 0.308. The van der Waals surface area contributed by atoms with Crippen LogP contribution in [0.5, 0.6) is 0 Å². The van der Waals surface area contributed by atoms with Crippen molar-refractivity contribution in [3.05, 3.63) is 34.8 Å². The summed E-state index contributed by atoms with van der Waals surface area (Å²) in [6.07, 6.45) is 3.19. The van der Waals surface area contributed by atoms with Crippen molar-refractivity contribution >= 4 is 41.3 Å². The monoisotopic (exact) mass is 328 g/mol. The number of hydrogen-bond donors (Lipinski definition) is 1. The van der Waals surface area contributed by atoms with Gasteiger partial charge in [-0.25, -0.2) is 9.97 Å². The quantitative estimate of drug-likeness (QED) is 0.881. The van der Waals surface area contributed by atoms with Gasteiger partial charge in [-0.1, -0.05) is 6.07 Å². The first-order valence-electron chi connectivity index (χ1n) is 6.07. The molecule has 2 aromatic rings. The summed E-state index contributed by atoms with van der Waals surface area (Å²) in [7, 11) is 3.54. The summed E-state index contributed by atoms with van der Waals surface area (Å²) in [5.41, 5.74) is 0.576. The molecule has 2 rings (SSSR count). The van der Waals surface area contributed by atoms with E-state index in [0.29, 0.717) is 29.7 Å². The van der Waals surface area contributed by atoms with Crippen molar-refractivity contribution in [1.29, 1.82) is 0 Å². The summed E-state index contributed by atoms with van der Waals surface area (Å²) in [5, 5.41) is 4.62. The van der Waals surface area contributed by atoms with Crippen molar-refractivity contribution in [2.45, 2.75) is 0 Å². The van der Waals surface area contributed by atoms with E-state index < -0.39 is 0 Å². The molecule has 0 aliphatic rings. The molecule has 0 saturated carbocycles. The predicted molar refractivity (Wildman–Crippen MR) is 86.7 cm³/mol. The molecule has 0 spiro atoms. The van der Waals surface area contributed by atoms with Gasteiger partial charge >= 0.3 is 0 Å². The first kappa shape index (κ1) is 17.4. The van der Waals surface area contributed by atoms with Gasteiger partial charge in [0, 0.05) is 20.7 Å². The number of rotatable bonds is 6. The molecule has 21 heavy (non-hydrogen) atoms. The summed E-state index contributed by atoms with van der Waals surface area (Å²) in [5.74, 6) is 0.445. The van der Waals surface area contributed by atoms with Crippen LogP contribution in [0.3, 0.4) is 0 Å². The number of anilines is 2. The molecule has 0 aliphatic carbocycles. The minimum absolute atomic E-state index is 0. The molecule has 2 heterocycles. The average Bonchev–Trinajstić information content (AvgIpc) is 3.00. The van der Waals surface area contributed by atoms with E-state index in [4.69, 9.17) is 4.74 Å². The van der Waals surface area contributed by atoms with Gasteiger partial charge < -0.3 is 15.0 Å². The van der Waals surface area contributed by atoms with Crippen molar-refractivity contribution in [3.63, 3.8) is 0 Å². The third-order valence-electron chi connectivity index (χ3n) is 2.61. The maximum Gasteiger partial charge on any atom is 0.265 e. The van der Waals surface area contributed by atoms with Crippen LogP contribution in [0.15, 0.2) is 29.9 Å². The number of methoxy groups -OCH3 is 1. The van der Waals surface area contributed by atoms with E-state index in [9.17, 15) is 4.79 Å². The SMILES string of the molecule is COCCN(C)c1ncc(NC(=O)c2cccs2)cn1.Cl. The van der Waals surface area contributed by atoms with E-state index in [1.165, 1.54) is 11.3 Å². The maximum absolute atomic E-state index is 11.9. The van der Waals surface area contributed by atoms with E-state index in [0.717, 1.165) is 0 Å². The number of nitrogens with zero attached hydrogens (tertiary/aromatic N) is 3. The Hall–Kier alpha value is -1.70. The molecule has 0 unspecified atom stereocenters. The molecule has 0 aromatic carbocycles. The summed E-state index contributed by atoms with van der Waals surface area (Å²) in [6, 6.07) is 3.61. The van der Waals surface area contributed by atoms with Crippen molar-refractivity contribution in [3.8, 4) is 0 Å². The van der Waals surface area contributed by atoms with E-state index >= 15 is 0 Å². The molecule has 1 N–H and O–H groups in total. The van der Waals surface area contributed by atoms with E-state index in [-0.39, 0.29) is 18.3 Å². The number of carbonyl (C=O) groups excluding carboxylic acids is 1. The highest BCUT2D eigenvalue weighted by Crippen LogP contribution is 2.13. The van der Waals surface area contributed by atoms with Gasteiger partial charge in [-0.15, -0.1) is 23.7 Å². The lowest BCUT2D eigenvalue weighted by Gasteiger charge is -2.16. The largest absolute Gasteiger partial charge is 0.383 e. The molecule has 1 amide bonds. The van der Waals surface area contributed by atoms with E-state index in [2.05, 4.69) is 15.3 Å². The number of carbonyl (C=O) groups is 1. The van der Waals surface area contributed by atoms with Crippen LogP contribution in [0.25, 0.3) is 0 Å².